The first-order chi connectivity index (χ1) is 8.66. The molecular formula is C15H18N2S. The fraction of sp³-hybridized carbons (Fsp3) is 0.267. The van der Waals surface area contributed by atoms with E-state index in [0.717, 1.165) is 5.69 Å². The number of thioether (sulfide) groups is 1. The van der Waals surface area contributed by atoms with Crippen molar-refractivity contribution < 1.29 is 0 Å². The largest absolute Gasteiger partial charge is 0.327 e. The molecule has 0 radical (unpaired) electrons. The number of benzene rings is 1. The molecule has 1 heterocycles. The molecule has 0 saturated carbocycles. The molecule has 0 aliphatic rings. The topological polar surface area (TPSA) is 38.9 Å². The quantitative estimate of drug-likeness (QED) is 0.852. The summed E-state index contributed by atoms with van der Waals surface area (Å²) in [5.74, 6) is 0. The lowest BCUT2D eigenvalue weighted by molar-refractivity contribution is 0.705. The molecular weight excluding hydrogens is 240 g/mol. The third-order valence-corrected chi connectivity index (χ3v) is 4.21. The van der Waals surface area contributed by atoms with Crippen molar-refractivity contribution >= 4 is 11.8 Å². The molecule has 0 bridgehead atoms. The van der Waals surface area contributed by atoms with Crippen molar-refractivity contribution in [3.8, 4) is 0 Å². The highest BCUT2D eigenvalue weighted by atomic mass is 32.2. The van der Waals surface area contributed by atoms with Gasteiger partial charge in [-0.2, -0.15) is 0 Å². The smallest absolute Gasteiger partial charge is 0.0665 e. The van der Waals surface area contributed by atoms with E-state index in [1.165, 1.54) is 10.5 Å². The van der Waals surface area contributed by atoms with E-state index in [9.17, 15) is 0 Å². The molecule has 2 atom stereocenters. The summed E-state index contributed by atoms with van der Waals surface area (Å²) in [5.41, 5.74) is 8.40. The number of aromatic nitrogens is 1. The van der Waals surface area contributed by atoms with Crippen molar-refractivity contribution in [1.82, 2.24) is 4.98 Å². The molecule has 0 amide bonds. The lowest BCUT2D eigenvalue weighted by Crippen LogP contribution is -2.23. The molecule has 2 nitrogen and oxygen atoms in total. The number of nitrogens with zero attached hydrogens (tertiary/aromatic N) is 1. The first-order valence-corrected chi connectivity index (χ1v) is 6.94. The summed E-state index contributed by atoms with van der Waals surface area (Å²) in [6, 6.07) is 14.6. The zero-order valence-corrected chi connectivity index (χ0v) is 11.5. The van der Waals surface area contributed by atoms with Crippen molar-refractivity contribution in [3.63, 3.8) is 0 Å². The Balaban J connectivity index is 2.19. The molecule has 0 saturated heterocycles. The summed E-state index contributed by atoms with van der Waals surface area (Å²) in [6.07, 6.45) is 1.82. The first kappa shape index (κ1) is 13.1. The SMILES string of the molecule is Cc1ccc(SC(c2ccccn2)C(C)N)cc1. The predicted molar refractivity (Wildman–Crippen MR) is 77.7 cm³/mol. The summed E-state index contributed by atoms with van der Waals surface area (Å²) in [4.78, 5) is 5.64. The minimum atomic E-state index is 0.0613. The average molecular weight is 258 g/mol. The molecule has 1 aromatic carbocycles. The van der Waals surface area contributed by atoms with E-state index >= 15 is 0 Å². The molecule has 2 aromatic rings. The Bertz CT molecular complexity index is 480. The van der Waals surface area contributed by atoms with Gasteiger partial charge in [0.15, 0.2) is 0 Å². The Morgan fingerprint density at radius 2 is 1.83 bits per heavy atom. The highest BCUT2D eigenvalue weighted by Crippen LogP contribution is 2.36. The molecule has 18 heavy (non-hydrogen) atoms. The molecule has 0 fully saturated rings. The van der Waals surface area contributed by atoms with Gasteiger partial charge < -0.3 is 5.73 Å². The fourth-order valence-electron chi connectivity index (χ4n) is 1.74. The van der Waals surface area contributed by atoms with Gasteiger partial charge in [-0.25, -0.2) is 0 Å². The van der Waals surface area contributed by atoms with Crippen LogP contribution in [0.1, 0.15) is 23.4 Å². The lowest BCUT2D eigenvalue weighted by atomic mass is 10.2. The second-order valence-corrected chi connectivity index (χ2v) is 5.68. The maximum Gasteiger partial charge on any atom is 0.0665 e. The van der Waals surface area contributed by atoms with Crippen LogP contribution in [-0.2, 0) is 0 Å². The summed E-state index contributed by atoms with van der Waals surface area (Å²) >= 11 is 1.77. The van der Waals surface area contributed by atoms with Gasteiger partial charge in [-0.05, 0) is 38.1 Å². The average Bonchev–Trinajstić information content (AvgIpc) is 2.38. The van der Waals surface area contributed by atoms with E-state index in [1.807, 2.05) is 31.3 Å². The van der Waals surface area contributed by atoms with Crippen LogP contribution in [0.3, 0.4) is 0 Å². The molecule has 94 valence electrons. The van der Waals surface area contributed by atoms with E-state index in [0.29, 0.717) is 0 Å². The molecule has 1 aromatic heterocycles. The third kappa shape index (κ3) is 3.34. The van der Waals surface area contributed by atoms with Crippen molar-refractivity contribution in [3.05, 3.63) is 59.9 Å². The summed E-state index contributed by atoms with van der Waals surface area (Å²) < 4.78 is 0. The minimum absolute atomic E-state index is 0.0613. The van der Waals surface area contributed by atoms with Crippen molar-refractivity contribution in [2.45, 2.75) is 30.0 Å². The summed E-state index contributed by atoms with van der Waals surface area (Å²) in [7, 11) is 0. The van der Waals surface area contributed by atoms with Crippen LogP contribution >= 0.6 is 11.8 Å². The van der Waals surface area contributed by atoms with Gasteiger partial charge in [-0.3, -0.25) is 4.98 Å². The maximum absolute atomic E-state index is 6.09. The Morgan fingerprint density at radius 3 is 2.39 bits per heavy atom. The zero-order valence-electron chi connectivity index (χ0n) is 10.7. The van der Waals surface area contributed by atoms with E-state index < -0.39 is 0 Å². The number of pyridine rings is 1. The first-order valence-electron chi connectivity index (χ1n) is 6.06. The molecule has 0 aliphatic carbocycles. The van der Waals surface area contributed by atoms with Crippen LogP contribution in [0.15, 0.2) is 53.6 Å². The van der Waals surface area contributed by atoms with Crippen molar-refractivity contribution in [1.29, 1.82) is 0 Å². The minimum Gasteiger partial charge on any atom is -0.327 e. The molecule has 2 rings (SSSR count). The van der Waals surface area contributed by atoms with Crippen molar-refractivity contribution in [2.24, 2.45) is 5.73 Å². The molecule has 0 spiro atoms. The number of hydrogen-bond donors (Lipinski definition) is 1. The standard InChI is InChI=1S/C15H18N2S/c1-11-6-8-13(9-7-11)18-15(12(2)16)14-5-3-4-10-17-14/h3-10,12,15H,16H2,1-2H3. The van der Waals surface area contributed by atoms with Gasteiger partial charge in [0, 0.05) is 17.1 Å². The summed E-state index contributed by atoms with van der Waals surface area (Å²) in [6.45, 7) is 4.12. The monoisotopic (exact) mass is 258 g/mol. The van der Waals surface area contributed by atoms with Gasteiger partial charge in [0.2, 0.25) is 0 Å². The van der Waals surface area contributed by atoms with Gasteiger partial charge in [-0.1, -0.05) is 23.8 Å². The number of nitrogens with two attached hydrogens (primary N) is 1. The Labute approximate surface area is 113 Å². The second-order valence-electron chi connectivity index (χ2n) is 4.47. The van der Waals surface area contributed by atoms with Gasteiger partial charge in [0.25, 0.3) is 0 Å². The third-order valence-electron chi connectivity index (χ3n) is 2.74. The predicted octanol–water partition coefficient (Wildman–Crippen LogP) is 3.57. The molecule has 2 unspecified atom stereocenters. The van der Waals surface area contributed by atoms with E-state index in [1.54, 1.807) is 11.8 Å². The van der Waals surface area contributed by atoms with Crippen LogP contribution < -0.4 is 5.73 Å². The summed E-state index contributed by atoms with van der Waals surface area (Å²) in [5, 5.41) is 0.189. The van der Waals surface area contributed by atoms with Gasteiger partial charge >= 0.3 is 0 Å². The number of aryl methyl sites for hydroxylation is 1. The highest BCUT2D eigenvalue weighted by Gasteiger charge is 2.18. The van der Waals surface area contributed by atoms with E-state index in [4.69, 9.17) is 5.73 Å². The maximum atomic E-state index is 6.09. The molecule has 2 N–H and O–H groups in total. The molecule has 0 aliphatic heterocycles. The van der Waals surface area contributed by atoms with Crippen LogP contribution in [0.4, 0.5) is 0 Å². The number of hydrogen-bond acceptors (Lipinski definition) is 3. The zero-order chi connectivity index (χ0) is 13.0. The van der Waals surface area contributed by atoms with Crippen LogP contribution in [-0.4, -0.2) is 11.0 Å². The van der Waals surface area contributed by atoms with Crippen LogP contribution in [0.25, 0.3) is 0 Å². The van der Waals surface area contributed by atoms with Crippen LogP contribution in [0.2, 0.25) is 0 Å². The second kappa shape index (κ2) is 6.03. The van der Waals surface area contributed by atoms with E-state index in [-0.39, 0.29) is 11.3 Å². The van der Waals surface area contributed by atoms with Gasteiger partial charge in [0.05, 0.1) is 10.9 Å². The normalized spacial score (nSPS) is 14.2. The van der Waals surface area contributed by atoms with E-state index in [2.05, 4.69) is 36.2 Å². The van der Waals surface area contributed by atoms with Crippen LogP contribution in [0.5, 0.6) is 0 Å². The Hall–Kier alpha value is -1.32. The fourth-order valence-corrected chi connectivity index (χ4v) is 2.81. The Morgan fingerprint density at radius 1 is 1.11 bits per heavy atom. The van der Waals surface area contributed by atoms with Gasteiger partial charge in [-0.15, -0.1) is 11.8 Å². The molecule has 3 heteroatoms. The highest BCUT2D eigenvalue weighted by molar-refractivity contribution is 7.99. The lowest BCUT2D eigenvalue weighted by Gasteiger charge is -2.19. The van der Waals surface area contributed by atoms with Gasteiger partial charge in [0.1, 0.15) is 0 Å². The number of rotatable bonds is 4. The van der Waals surface area contributed by atoms with Crippen LogP contribution in [0, 0.1) is 6.92 Å². The Kier molecular flexibility index (Phi) is 4.39. The van der Waals surface area contributed by atoms with Crippen molar-refractivity contribution in [2.75, 3.05) is 0 Å².